The molecule has 0 saturated heterocycles. The maximum atomic E-state index is 11.2. The van der Waals surface area contributed by atoms with Crippen LogP contribution >= 0.6 is 0 Å². The third-order valence-corrected chi connectivity index (χ3v) is 1.97. The average molecular weight is 248 g/mol. The molecule has 0 aliphatic heterocycles. The molecule has 8 heteroatoms. The summed E-state index contributed by atoms with van der Waals surface area (Å²) in [6.45, 7) is -0.111. The quantitative estimate of drug-likeness (QED) is 0.337. The van der Waals surface area contributed by atoms with Gasteiger partial charge in [0.05, 0.1) is 12.5 Å². The second-order valence-corrected chi connectivity index (χ2v) is 3.48. The zero-order chi connectivity index (χ0) is 13.4. The minimum Gasteiger partial charge on any atom is -0.481 e. The van der Waals surface area contributed by atoms with Crippen LogP contribution in [0.2, 0.25) is 0 Å². The summed E-state index contributed by atoms with van der Waals surface area (Å²) in [4.78, 5) is 32.2. The highest BCUT2D eigenvalue weighted by atomic mass is 16.4. The first-order valence-electron chi connectivity index (χ1n) is 4.99. The number of nitrogens with two attached hydrogens (primary N) is 1. The van der Waals surface area contributed by atoms with Gasteiger partial charge in [0.15, 0.2) is 0 Å². The lowest BCUT2D eigenvalue weighted by atomic mass is 10.1. The van der Waals surface area contributed by atoms with Gasteiger partial charge in [-0.25, -0.2) is 4.79 Å². The molecule has 0 bridgehead atoms. The molecule has 0 fully saturated rings. The lowest BCUT2D eigenvalue weighted by molar-refractivity contribution is -0.143. The molecule has 0 radical (unpaired) electrons. The predicted octanol–water partition coefficient (Wildman–Crippen LogP) is -1.87. The molecular weight excluding hydrogens is 232 g/mol. The summed E-state index contributed by atoms with van der Waals surface area (Å²) in [7, 11) is 0. The van der Waals surface area contributed by atoms with Crippen LogP contribution in [0.4, 0.5) is 0 Å². The highest BCUT2D eigenvalue weighted by molar-refractivity contribution is 5.84. The normalized spacial score (nSPS) is 13.8. The van der Waals surface area contributed by atoms with Crippen molar-refractivity contribution in [1.82, 2.24) is 5.32 Å². The van der Waals surface area contributed by atoms with Crippen molar-refractivity contribution in [2.24, 2.45) is 5.73 Å². The molecule has 0 aliphatic carbocycles. The summed E-state index contributed by atoms with van der Waals surface area (Å²) in [5.41, 5.74) is 5.09. The summed E-state index contributed by atoms with van der Waals surface area (Å²) in [6.07, 6.45) is -1.93. The van der Waals surface area contributed by atoms with E-state index in [9.17, 15) is 14.4 Å². The molecule has 0 rings (SSSR count). The van der Waals surface area contributed by atoms with E-state index in [1.807, 2.05) is 0 Å². The molecule has 1 amide bonds. The largest absolute Gasteiger partial charge is 0.481 e. The van der Waals surface area contributed by atoms with E-state index in [-0.39, 0.29) is 25.8 Å². The minimum absolute atomic E-state index is 0.111. The second kappa shape index (κ2) is 7.58. The number of aliphatic hydroxyl groups is 1. The Labute approximate surface area is 97.4 Å². The summed E-state index contributed by atoms with van der Waals surface area (Å²) < 4.78 is 0. The maximum Gasteiger partial charge on any atom is 0.326 e. The number of aliphatic carboxylic acids is 2. The lowest BCUT2D eigenvalue weighted by Gasteiger charge is -2.14. The Hall–Kier alpha value is -1.67. The van der Waals surface area contributed by atoms with Crippen LogP contribution in [0, 0.1) is 0 Å². The molecule has 0 spiro atoms. The number of hydrogen-bond acceptors (Lipinski definition) is 5. The first kappa shape index (κ1) is 15.3. The van der Waals surface area contributed by atoms with Gasteiger partial charge in [0.1, 0.15) is 6.04 Å². The third-order valence-electron chi connectivity index (χ3n) is 1.97. The number of carbonyl (C=O) groups is 3. The number of carboxylic acids is 2. The monoisotopic (exact) mass is 248 g/mol. The van der Waals surface area contributed by atoms with Gasteiger partial charge < -0.3 is 26.4 Å². The Morgan fingerprint density at radius 1 is 1.24 bits per heavy atom. The first-order valence-corrected chi connectivity index (χ1v) is 4.99. The van der Waals surface area contributed by atoms with Gasteiger partial charge in [0, 0.05) is 13.0 Å². The van der Waals surface area contributed by atoms with Crippen molar-refractivity contribution < 1.29 is 29.7 Å². The number of amides is 1. The van der Waals surface area contributed by atoms with Gasteiger partial charge in [-0.1, -0.05) is 0 Å². The Morgan fingerprint density at radius 3 is 2.24 bits per heavy atom. The van der Waals surface area contributed by atoms with E-state index < -0.39 is 30.0 Å². The lowest BCUT2D eigenvalue weighted by Crippen LogP contribution is -2.42. The van der Waals surface area contributed by atoms with Crippen molar-refractivity contribution >= 4 is 17.8 Å². The summed E-state index contributed by atoms with van der Waals surface area (Å²) in [5.74, 6) is -3.14. The van der Waals surface area contributed by atoms with Crippen LogP contribution in [0.1, 0.15) is 19.3 Å². The molecular formula is C9H16N2O6. The van der Waals surface area contributed by atoms with Crippen molar-refractivity contribution in [3.05, 3.63) is 0 Å². The van der Waals surface area contributed by atoms with Gasteiger partial charge in [0.25, 0.3) is 0 Å². The van der Waals surface area contributed by atoms with Crippen LogP contribution < -0.4 is 11.1 Å². The Morgan fingerprint density at radius 2 is 1.82 bits per heavy atom. The van der Waals surface area contributed by atoms with Crippen LogP contribution in [-0.2, 0) is 14.4 Å². The number of carboxylic acid groups (broad SMARTS) is 2. The molecule has 2 atom stereocenters. The predicted molar refractivity (Wildman–Crippen MR) is 56.1 cm³/mol. The number of hydrogen-bond donors (Lipinski definition) is 5. The molecule has 6 N–H and O–H groups in total. The SMILES string of the molecule is NCC(O)CC(=O)N[C@@H](CCC(=O)O)C(=O)O. The molecule has 0 aromatic heterocycles. The fourth-order valence-electron chi connectivity index (χ4n) is 1.08. The highest BCUT2D eigenvalue weighted by Gasteiger charge is 2.21. The summed E-state index contributed by atoms with van der Waals surface area (Å²) >= 11 is 0. The second-order valence-electron chi connectivity index (χ2n) is 3.48. The fourth-order valence-corrected chi connectivity index (χ4v) is 1.08. The average Bonchev–Trinajstić information content (AvgIpc) is 2.23. The molecule has 98 valence electrons. The molecule has 17 heavy (non-hydrogen) atoms. The van der Waals surface area contributed by atoms with E-state index in [1.165, 1.54) is 0 Å². The van der Waals surface area contributed by atoms with Crippen molar-refractivity contribution in [3.8, 4) is 0 Å². The Bertz CT molecular complexity index is 293. The zero-order valence-corrected chi connectivity index (χ0v) is 9.13. The molecule has 0 aromatic rings. The molecule has 0 aromatic carbocycles. The van der Waals surface area contributed by atoms with E-state index in [1.54, 1.807) is 0 Å². The Balaban J connectivity index is 4.20. The first-order chi connectivity index (χ1) is 7.86. The number of rotatable bonds is 8. The molecule has 0 aliphatic rings. The number of aliphatic hydroxyl groups excluding tert-OH is 1. The van der Waals surface area contributed by atoms with Gasteiger partial charge >= 0.3 is 11.9 Å². The van der Waals surface area contributed by atoms with Crippen LogP contribution in [0.25, 0.3) is 0 Å². The van der Waals surface area contributed by atoms with Crippen LogP contribution in [0.15, 0.2) is 0 Å². The van der Waals surface area contributed by atoms with Crippen molar-refractivity contribution in [2.45, 2.75) is 31.4 Å². The maximum absolute atomic E-state index is 11.2. The highest BCUT2D eigenvalue weighted by Crippen LogP contribution is 1.99. The number of nitrogens with one attached hydrogen (secondary N) is 1. The topological polar surface area (TPSA) is 150 Å². The van der Waals surface area contributed by atoms with E-state index in [0.717, 1.165) is 0 Å². The molecule has 8 nitrogen and oxygen atoms in total. The van der Waals surface area contributed by atoms with Crippen molar-refractivity contribution in [3.63, 3.8) is 0 Å². The van der Waals surface area contributed by atoms with Gasteiger partial charge in [-0.15, -0.1) is 0 Å². The van der Waals surface area contributed by atoms with Gasteiger partial charge in [0.2, 0.25) is 5.91 Å². The molecule has 0 saturated carbocycles. The van der Waals surface area contributed by atoms with E-state index in [4.69, 9.17) is 21.1 Å². The summed E-state index contributed by atoms with van der Waals surface area (Å²) in [5, 5.41) is 28.3. The third kappa shape index (κ3) is 7.25. The van der Waals surface area contributed by atoms with Gasteiger partial charge in [-0.2, -0.15) is 0 Å². The van der Waals surface area contributed by atoms with E-state index in [2.05, 4.69) is 5.32 Å². The Kier molecular flexibility index (Phi) is 6.83. The van der Waals surface area contributed by atoms with E-state index >= 15 is 0 Å². The fraction of sp³-hybridized carbons (Fsp3) is 0.667. The zero-order valence-electron chi connectivity index (χ0n) is 9.13. The number of carbonyl (C=O) groups excluding carboxylic acids is 1. The molecule has 0 heterocycles. The van der Waals surface area contributed by atoms with Gasteiger partial charge in [-0.3, -0.25) is 9.59 Å². The van der Waals surface area contributed by atoms with Gasteiger partial charge in [-0.05, 0) is 6.42 Å². The van der Waals surface area contributed by atoms with Crippen LogP contribution in [-0.4, -0.2) is 51.9 Å². The van der Waals surface area contributed by atoms with Crippen LogP contribution in [0.5, 0.6) is 0 Å². The van der Waals surface area contributed by atoms with Crippen molar-refractivity contribution in [1.29, 1.82) is 0 Å². The van der Waals surface area contributed by atoms with Crippen LogP contribution in [0.3, 0.4) is 0 Å². The molecule has 1 unspecified atom stereocenters. The van der Waals surface area contributed by atoms with Crippen molar-refractivity contribution in [2.75, 3.05) is 6.54 Å². The minimum atomic E-state index is -1.32. The van der Waals surface area contributed by atoms with E-state index in [0.29, 0.717) is 0 Å². The standard InChI is InChI=1S/C9H16N2O6/c10-4-5(12)3-7(13)11-6(9(16)17)1-2-8(14)15/h5-6,12H,1-4,10H2,(H,11,13)(H,14,15)(H,16,17)/t5?,6-/m0/s1. The smallest absolute Gasteiger partial charge is 0.326 e. The summed E-state index contributed by atoms with van der Waals surface area (Å²) in [6, 6.07) is -1.27.